The van der Waals surface area contributed by atoms with Gasteiger partial charge >= 0.3 is 6.18 Å². The second kappa shape index (κ2) is 5.92. The molecule has 7 heteroatoms. The van der Waals surface area contributed by atoms with Crippen LogP contribution in [0.1, 0.15) is 11.4 Å². The summed E-state index contributed by atoms with van der Waals surface area (Å²) in [6.07, 6.45) is -1.59. The normalized spacial score (nSPS) is 11.6. The number of halogens is 4. The average Bonchev–Trinajstić information content (AvgIpc) is 2.37. The first-order valence-electron chi connectivity index (χ1n) is 5.21. The molecule has 2 aromatic rings. The molecule has 2 aromatic heterocycles. The zero-order valence-corrected chi connectivity index (χ0v) is 11.9. The minimum atomic E-state index is -4.41. The molecule has 0 bridgehead atoms. The van der Waals surface area contributed by atoms with Crippen molar-refractivity contribution in [3.63, 3.8) is 0 Å². The Balaban J connectivity index is 2.05. The number of pyridine rings is 2. The molecule has 0 spiro atoms. The molecule has 0 aliphatic heterocycles. The highest BCUT2D eigenvalue weighted by Crippen LogP contribution is 2.31. The van der Waals surface area contributed by atoms with Crippen molar-refractivity contribution in [3.8, 4) is 0 Å². The quantitative estimate of drug-likeness (QED) is 0.761. The van der Waals surface area contributed by atoms with E-state index in [1.54, 1.807) is 12.3 Å². The van der Waals surface area contributed by atoms with Crippen LogP contribution in [0.5, 0.6) is 0 Å². The van der Waals surface area contributed by atoms with Crippen LogP contribution in [-0.4, -0.2) is 9.97 Å². The fraction of sp³-hybridized carbons (Fsp3) is 0.167. The number of nitrogens with zero attached hydrogens (tertiary/aromatic N) is 2. The Labute approximate surface area is 120 Å². The molecule has 0 atom stereocenters. The van der Waals surface area contributed by atoms with E-state index in [1.807, 2.05) is 12.1 Å². The van der Waals surface area contributed by atoms with Crippen LogP contribution >= 0.6 is 27.7 Å². The monoisotopic (exact) mass is 348 g/mol. The SMILES string of the molecule is FC(F)(F)c1cc(SCc2ccc(Br)cn2)ccn1. The second-order valence-corrected chi connectivity index (χ2v) is 5.60. The summed E-state index contributed by atoms with van der Waals surface area (Å²) in [6, 6.07) is 6.27. The number of aromatic nitrogens is 2. The molecule has 0 radical (unpaired) electrons. The number of alkyl halides is 3. The Kier molecular flexibility index (Phi) is 4.46. The van der Waals surface area contributed by atoms with Crippen LogP contribution in [0.25, 0.3) is 0 Å². The maximum absolute atomic E-state index is 12.5. The van der Waals surface area contributed by atoms with Crippen molar-refractivity contribution in [1.29, 1.82) is 0 Å². The van der Waals surface area contributed by atoms with E-state index in [9.17, 15) is 13.2 Å². The largest absolute Gasteiger partial charge is 0.433 e. The first kappa shape index (κ1) is 14.3. The van der Waals surface area contributed by atoms with Crippen LogP contribution in [0.15, 0.2) is 46.0 Å². The standard InChI is InChI=1S/C12H8BrF3N2S/c13-8-1-2-9(18-6-8)7-19-10-3-4-17-11(5-10)12(14,15)16/h1-6H,7H2. The lowest BCUT2D eigenvalue weighted by molar-refractivity contribution is -0.141. The van der Waals surface area contributed by atoms with Crippen molar-refractivity contribution in [1.82, 2.24) is 9.97 Å². The van der Waals surface area contributed by atoms with Gasteiger partial charge in [-0.05, 0) is 40.2 Å². The first-order valence-corrected chi connectivity index (χ1v) is 6.99. The van der Waals surface area contributed by atoms with Gasteiger partial charge < -0.3 is 0 Å². The molecule has 0 aliphatic rings. The molecule has 100 valence electrons. The Morgan fingerprint density at radius 1 is 1.16 bits per heavy atom. The summed E-state index contributed by atoms with van der Waals surface area (Å²) in [4.78, 5) is 8.00. The van der Waals surface area contributed by atoms with Crippen molar-refractivity contribution in [3.05, 3.63) is 52.5 Å². The lowest BCUT2D eigenvalue weighted by Crippen LogP contribution is -2.07. The van der Waals surface area contributed by atoms with Gasteiger partial charge in [-0.25, -0.2) is 0 Å². The Morgan fingerprint density at radius 2 is 1.95 bits per heavy atom. The molecule has 0 aromatic carbocycles. The Bertz CT molecular complexity index is 558. The molecule has 2 heterocycles. The van der Waals surface area contributed by atoms with Gasteiger partial charge in [-0.1, -0.05) is 0 Å². The molecule has 0 unspecified atom stereocenters. The summed E-state index contributed by atoms with van der Waals surface area (Å²) in [6.45, 7) is 0. The molecule has 19 heavy (non-hydrogen) atoms. The van der Waals surface area contributed by atoms with E-state index in [4.69, 9.17) is 0 Å². The highest BCUT2D eigenvalue weighted by molar-refractivity contribution is 9.10. The highest BCUT2D eigenvalue weighted by Gasteiger charge is 2.32. The predicted octanol–water partition coefficient (Wildman–Crippen LogP) is 4.55. The van der Waals surface area contributed by atoms with E-state index in [1.165, 1.54) is 18.0 Å². The molecule has 0 amide bonds. The van der Waals surface area contributed by atoms with Gasteiger partial charge in [0.15, 0.2) is 0 Å². The van der Waals surface area contributed by atoms with Gasteiger partial charge in [-0.3, -0.25) is 9.97 Å². The molecule has 0 fully saturated rings. The maximum atomic E-state index is 12.5. The van der Waals surface area contributed by atoms with Gasteiger partial charge in [-0.2, -0.15) is 13.2 Å². The van der Waals surface area contributed by atoms with E-state index in [0.29, 0.717) is 10.6 Å². The van der Waals surface area contributed by atoms with Crippen molar-refractivity contribution in [2.45, 2.75) is 16.8 Å². The third-order valence-electron chi connectivity index (χ3n) is 2.20. The molecule has 0 N–H and O–H groups in total. The van der Waals surface area contributed by atoms with Crippen LogP contribution in [-0.2, 0) is 11.9 Å². The van der Waals surface area contributed by atoms with Crippen molar-refractivity contribution >= 4 is 27.7 Å². The minimum Gasteiger partial charge on any atom is -0.259 e. The molecule has 0 aliphatic carbocycles. The molecule has 2 rings (SSSR count). The molecule has 0 saturated heterocycles. The van der Waals surface area contributed by atoms with Crippen LogP contribution < -0.4 is 0 Å². The number of hydrogen-bond acceptors (Lipinski definition) is 3. The summed E-state index contributed by atoms with van der Waals surface area (Å²) in [5, 5.41) is 0. The summed E-state index contributed by atoms with van der Waals surface area (Å²) >= 11 is 4.56. The van der Waals surface area contributed by atoms with Gasteiger partial charge in [0.25, 0.3) is 0 Å². The summed E-state index contributed by atoms with van der Waals surface area (Å²) < 4.78 is 38.3. The fourth-order valence-corrected chi connectivity index (χ4v) is 2.38. The van der Waals surface area contributed by atoms with Crippen LogP contribution in [0.2, 0.25) is 0 Å². The summed E-state index contributed by atoms with van der Waals surface area (Å²) in [7, 11) is 0. The lowest BCUT2D eigenvalue weighted by atomic mass is 10.3. The number of rotatable bonds is 3. The van der Waals surface area contributed by atoms with Gasteiger partial charge in [-0.15, -0.1) is 11.8 Å². The Morgan fingerprint density at radius 3 is 2.58 bits per heavy atom. The molecular weight excluding hydrogens is 341 g/mol. The topological polar surface area (TPSA) is 25.8 Å². The smallest absolute Gasteiger partial charge is 0.259 e. The zero-order valence-electron chi connectivity index (χ0n) is 9.49. The fourth-order valence-electron chi connectivity index (χ4n) is 1.31. The zero-order chi connectivity index (χ0) is 13.9. The summed E-state index contributed by atoms with van der Waals surface area (Å²) in [5.74, 6) is 0.509. The Hall–Kier alpha value is -1.08. The second-order valence-electron chi connectivity index (χ2n) is 3.63. The van der Waals surface area contributed by atoms with Crippen LogP contribution in [0.4, 0.5) is 13.2 Å². The van der Waals surface area contributed by atoms with Crippen molar-refractivity contribution < 1.29 is 13.2 Å². The van der Waals surface area contributed by atoms with E-state index >= 15 is 0 Å². The van der Waals surface area contributed by atoms with Crippen molar-refractivity contribution in [2.24, 2.45) is 0 Å². The maximum Gasteiger partial charge on any atom is 0.433 e. The molecule has 2 nitrogen and oxygen atoms in total. The number of thioether (sulfide) groups is 1. The van der Waals surface area contributed by atoms with Gasteiger partial charge in [0.05, 0.1) is 5.69 Å². The number of hydrogen-bond donors (Lipinski definition) is 0. The van der Waals surface area contributed by atoms with E-state index in [0.717, 1.165) is 16.2 Å². The minimum absolute atomic E-state index is 0.509. The lowest BCUT2D eigenvalue weighted by Gasteiger charge is -2.07. The van der Waals surface area contributed by atoms with Crippen LogP contribution in [0.3, 0.4) is 0 Å². The average molecular weight is 349 g/mol. The third-order valence-corrected chi connectivity index (χ3v) is 3.69. The molecular formula is C12H8BrF3N2S. The predicted molar refractivity (Wildman–Crippen MR) is 70.7 cm³/mol. The van der Waals surface area contributed by atoms with Gasteiger partial charge in [0, 0.05) is 27.5 Å². The van der Waals surface area contributed by atoms with Gasteiger partial charge in [0.2, 0.25) is 0 Å². The van der Waals surface area contributed by atoms with E-state index in [2.05, 4.69) is 25.9 Å². The third kappa shape index (κ3) is 4.21. The summed E-state index contributed by atoms with van der Waals surface area (Å²) in [5.41, 5.74) is -0.0696. The van der Waals surface area contributed by atoms with E-state index < -0.39 is 11.9 Å². The van der Waals surface area contributed by atoms with Crippen LogP contribution in [0, 0.1) is 0 Å². The van der Waals surface area contributed by atoms with E-state index in [-0.39, 0.29) is 0 Å². The highest BCUT2D eigenvalue weighted by atomic mass is 79.9. The first-order chi connectivity index (χ1) is 8.95. The van der Waals surface area contributed by atoms with Gasteiger partial charge in [0.1, 0.15) is 5.69 Å². The van der Waals surface area contributed by atoms with Crippen molar-refractivity contribution in [2.75, 3.05) is 0 Å². The molecule has 0 saturated carbocycles.